The lowest BCUT2D eigenvalue weighted by molar-refractivity contribution is -0.953. The van der Waals surface area contributed by atoms with Gasteiger partial charge in [0.15, 0.2) is 0 Å². The number of rotatable bonds is 4. The van der Waals surface area contributed by atoms with E-state index in [1.165, 1.54) is 6.92 Å². The standard InChI is InChI=1S/C8H17NO3.ClH/c1-5-6-9(3,4)8(2,12)7(10)11;/h12H,5-6H2,1-4H3;1H. The quantitative estimate of drug-likeness (QED) is 0.392. The highest BCUT2D eigenvalue weighted by molar-refractivity contribution is 5.74. The highest BCUT2D eigenvalue weighted by atomic mass is 35.5. The molecule has 0 aromatic carbocycles. The van der Waals surface area contributed by atoms with Crippen molar-refractivity contribution >= 4 is 5.97 Å². The highest BCUT2D eigenvalue weighted by Crippen LogP contribution is 2.17. The molecule has 0 rings (SSSR count). The van der Waals surface area contributed by atoms with Gasteiger partial charge in [-0.1, -0.05) is 6.92 Å². The van der Waals surface area contributed by atoms with Crippen LogP contribution in [0.3, 0.4) is 0 Å². The number of carboxylic acid groups (broad SMARTS) is 1. The molecule has 0 bridgehead atoms. The zero-order chi connectivity index (χ0) is 9.99. The van der Waals surface area contributed by atoms with Gasteiger partial charge >= 0.3 is 5.97 Å². The molecule has 0 spiro atoms. The van der Waals surface area contributed by atoms with E-state index < -0.39 is 11.7 Å². The topological polar surface area (TPSA) is 57.5 Å². The van der Waals surface area contributed by atoms with Crippen LogP contribution in [0.2, 0.25) is 0 Å². The van der Waals surface area contributed by atoms with Gasteiger partial charge in [0.25, 0.3) is 5.72 Å². The zero-order valence-electron chi connectivity index (χ0n) is 8.54. The van der Waals surface area contributed by atoms with Crippen molar-refractivity contribution in [2.24, 2.45) is 0 Å². The first-order valence-corrected chi connectivity index (χ1v) is 4.04. The Labute approximate surface area is 85.2 Å². The summed E-state index contributed by atoms with van der Waals surface area (Å²) in [4.78, 5) is 10.7. The number of carboxylic acids is 1. The van der Waals surface area contributed by atoms with Crippen molar-refractivity contribution in [2.45, 2.75) is 26.0 Å². The third-order valence-corrected chi connectivity index (χ3v) is 2.37. The van der Waals surface area contributed by atoms with Gasteiger partial charge in [-0.15, -0.1) is 0 Å². The van der Waals surface area contributed by atoms with Crippen LogP contribution in [0.5, 0.6) is 0 Å². The second-order valence-electron chi connectivity index (χ2n) is 3.73. The van der Waals surface area contributed by atoms with Crippen molar-refractivity contribution in [1.82, 2.24) is 0 Å². The Morgan fingerprint density at radius 1 is 1.46 bits per heavy atom. The van der Waals surface area contributed by atoms with Gasteiger partial charge in [0, 0.05) is 6.92 Å². The van der Waals surface area contributed by atoms with Gasteiger partial charge in [0.2, 0.25) is 0 Å². The van der Waals surface area contributed by atoms with E-state index in [1.807, 2.05) is 6.92 Å². The minimum absolute atomic E-state index is 0. The average Bonchev–Trinajstić information content (AvgIpc) is 1.86. The molecule has 0 aromatic rings. The zero-order valence-corrected chi connectivity index (χ0v) is 9.30. The average molecular weight is 212 g/mol. The van der Waals surface area contributed by atoms with E-state index in [0.717, 1.165) is 6.42 Å². The smallest absolute Gasteiger partial charge is 0.395 e. The van der Waals surface area contributed by atoms with Crippen LogP contribution >= 0.6 is 0 Å². The van der Waals surface area contributed by atoms with Crippen LogP contribution < -0.4 is 12.4 Å². The Balaban J connectivity index is 0. The van der Waals surface area contributed by atoms with E-state index in [1.54, 1.807) is 14.1 Å². The summed E-state index contributed by atoms with van der Waals surface area (Å²) in [6, 6.07) is 0. The van der Waals surface area contributed by atoms with Crippen LogP contribution in [0.1, 0.15) is 20.3 Å². The monoisotopic (exact) mass is 211 g/mol. The molecule has 0 aliphatic heterocycles. The van der Waals surface area contributed by atoms with Crippen LogP contribution in [0, 0.1) is 0 Å². The third-order valence-electron chi connectivity index (χ3n) is 2.37. The van der Waals surface area contributed by atoms with Crippen molar-refractivity contribution < 1.29 is 31.9 Å². The predicted octanol–water partition coefficient (Wildman–Crippen LogP) is -2.73. The van der Waals surface area contributed by atoms with Gasteiger partial charge in [-0.2, -0.15) is 0 Å². The molecule has 0 radical (unpaired) electrons. The Bertz CT molecular complexity index is 180. The molecule has 4 nitrogen and oxygen atoms in total. The van der Waals surface area contributed by atoms with Gasteiger partial charge in [0.05, 0.1) is 20.6 Å². The molecule has 13 heavy (non-hydrogen) atoms. The first kappa shape index (κ1) is 15.2. The van der Waals surface area contributed by atoms with E-state index in [4.69, 9.17) is 5.11 Å². The summed E-state index contributed by atoms with van der Waals surface area (Å²) in [7, 11) is 3.41. The van der Waals surface area contributed by atoms with Crippen molar-refractivity contribution in [2.75, 3.05) is 20.6 Å². The molecule has 5 heteroatoms. The molecule has 0 saturated heterocycles. The molecule has 2 N–H and O–H groups in total. The van der Waals surface area contributed by atoms with Crippen molar-refractivity contribution in [3.8, 4) is 0 Å². The van der Waals surface area contributed by atoms with Gasteiger partial charge in [0.1, 0.15) is 0 Å². The molecule has 1 atom stereocenters. The van der Waals surface area contributed by atoms with Crippen LogP contribution in [-0.4, -0.2) is 47.0 Å². The number of quaternary nitrogens is 1. The van der Waals surface area contributed by atoms with Gasteiger partial charge < -0.3 is 22.6 Å². The molecule has 80 valence electrons. The number of halogens is 1. The summed E-state index contributed by atoms with van der Waals surface area (Å²) in [5.74, 6) is -1.18. The molecular weight excluding hydrogens is 194 g/mol. The molecule has 0 aromatic heterocycles. The number of hydrogen-bond acceptors (Lipinski definition) is 2. The predicted molar refractivity (Wildman–Crippen MR) is 45.5 cm³/mol. The fourth-order valence-electron chi connectivity index (χ4n) is 1.04. The molecular formula is C8H18ClNO3. The molecule has 0 heterocycles. The normalized spacial score (nSPS) is 15.8. The summed E-state index contributed by atoms with van der Waals surface area (Å²) in [6.07, 6.45) is 0.844. The van der Waals surface area contributed by atoms with E-state index >= 15 is 0 Å². The minimum atomic E-state index is -1.70. The minimum Gasteiger partial charge on any atom is -1.00 e. The Kier molecular flexibility index (Phi) is 5.59. The largest absolute Gasteiger partial charge is 1.00 e. The summed E-state index contributed by atoms with van der Waals surface area (Å²) >= 11 is 0. The van der Waals surface area contributed by atoms with Crippen LogP contribution in [-0.2, 0) is 4.79 Å². The van der Waals surface area contributed by atoms with Crippen LogP contribution in [0.15, 0.2) is 0 Å². The first-order chi connectivity index (χ1) is 5.25. The van der Waals surface area contributed by atoms with E-state index in [9.17, 15) is 9.90 Å². The second-order valence-corrected chi connectivity index (χ2v) is 3.73. The van der Waals surface area contributed by atoms with Gasteiger partial charge in [-0.05, 0) is 6.42 Å². The number of nitrogens with zero attached hydrogens (tertiary/aromatic N) is 1. The molecule has 0 aliphatic rings. The van der Waals surface area contributed by atoms with Gasteiger partial charge in [-0.3, -0.25) is 4.48 Å². The number of aliphatic carboxylic acids is 1. The summed E-state index contributed by atoms with van der Waals surface area (Å²) in [5.41, 5.74) is -1.70. The maximum atomic E-state index is 10.7. The van der Waals surface area contributed by atoms with E-state index in [0.29, 0.717) is 6.54 Å². The Morgan fingerprint density at radius 3 is 2.08 bits per heavy atom. The number of hydrogen-bond donors (Lipinski definition) is 2. The Morgan fingerprint density at radius 2 is 1.85 bits per heavy atom. The second kappa shape index (κ2) is 4.79. The SMILES string of the molecule is CCC[N+](C)(C)C(C)(O)C(=O)O.[Cl-]. The van der Waals surface area contributed by atoms with Crippen molar-refractivity contribution in [1.29, 1.82) is 0 Å². The fraction of sp³-hybridized carbons (Fsp3) is 0.875. The first-order valence-electron chi connectivity index (χ1n) is 4.04. The summed E-state index contributed by atoms with van der Waals surface area (Å²) in [5, 5.41) is 18.4. The highest BCUT2D eigenvalue weighted by Gasteiger charge is 2.46. The molecule has 1 unspecified atom stereocenters. The number of aliphatic hydroxyl groups is 1. The fourth-order valence-corrected chi connectivity index (χ4v) is 1.04. The Hall–Kier alpha value is -0.320. The summed E-state index contributed by atoms with van der Waals surface area (Å²) in [6.45, 7) is 3.92. The molecule has 0 amide bonds. The maximum absolute atomic E-state index is 10.7. The lowest BCUT2D eigenvalue weighted by Crippen LogP contribution is -3.00. The van der Waals surface area contributed by atoms with Crippen LogP contribution in [0.25, 0.3) is 0 Å². The molecule has 0 fully saturated rings. The van der Waals surface area contributed by atoms with E-state index in [-0.39, 0.29) is 16.9 Å². The maximum Gasteiger partial charge on any atom is 0.395 e. The molecule has 0 aliphatic carbocycles. The van der Waals surface area contributed by atoms with Crippen molar-refractivity contribution in [3.05, 3.63) is 0 Å². The lowest BCUT2D eigenvalue weighted by Gasteiger charge is -2.39. The van der Waals surface area contributed by atoms with Crippen LogP contribution in [0.4, 0.5) is 0 Å². The van der Waals surface area contributed by atoms with Crippen molar-refractivity contribution in [3.63, 3.8) is 0 Å². The molecule has 0 saturated carbocycles. The summed E-state index contributed by atoms with van der Waals surface area (Å²) < 4.78 is 0.0822. The third kappa shape index (κ3) is 3.14. The van der Waals surface area contributed by atoms with E-state index in [2.05, 4.69) is 0 Å². The number of carbonyl (C=O) groups is 1. The van der Waals surface area contributed by atoms with Gasteiger partial charge in [-0.25, -0.2) is 4.79 Å². The lowest BCUT2D eigenvalue weighted by atomic mass is 10.1. The number of likely N-dealkylation sites (N-methyl/N-ethyl adjacent to an activating group) is 1.